The van der Waals surface area contributed by atoms with Crippen LogP contribution < -0.4 is 0 Å². The Morgan fingerprint density at radius 3 is 1.80 bits per heavy atom. The molecule has 1 heterocycles. The highest BCUT2D eigenvalue weighted by Crippen LogP contribution is 2.60. The molecule has 0 N–H and O–H groups in total. The molecule has 1 aromatic rings. The van der Waals surface area contributed by atoms with Crippen molar-refractivity contribution >= 4 is 40.8 Å². The number of hydrogen-bond donors (Lipinski definition) is 0. The van der Waals surface area contributed by atoms with Gasteiger partial charge in [0.25, 0.3) is 0 Å². The minimum Gasteiger partial charge on any atom is -0.465 e. The number of alkyl halides is 13. The van der Waals surface area contributed by atoms with Gasteiger partial charge in [0.2, 0.25) is 0 Å². The fraction of sp³-hybridized carbons (Fsp3) is 0.800. The van der Waals surface area contributed by atoms with Gasteiger partial charge in [-0.3, -0.25) is 4.79 Å². The number of ether oxygens (including phenoxy) is 1. The first-order valence-corrected chi connectivity index (χ1v) is 11.7. The highest BCUT2D eigenvalue weighted by Gasteiger charge is 2.90. The van der Waals surface area contributed by atoms with Crippen LogP contribution >= 0.6 is 34.9 Å². The van der Waals surface area contributed by atoms with Crippen LogP contribution in [0.2, 0.25) is 0 Å². The molecule has 0 radical (unpaired) electrons. The Kier molecular flexibility index (Phi) is 9.70. The lowest BCUT2D eigenvalue weighted by Gasteiger charge is -2.39. The number of thioether (sulfide) groups is 2. The molecule has 1 atom stereocenters. The van der Waals surface area contributed by atoms with E-state index >= 15 is 0 Å². The number of carbonyl (C=O) groups is 1. The molecule has 0 bridgehead atoms. The van der Waals surface area contributed by atoms with Gasteiger partial charge in [0.05, 0.1) is 18.9 Å². The van der Waals surface area contributed by atoms with Crippen LogP contribution in [0.3, 0.4) is 0 Å². The normalized spacial score (nSPS) is 15.3. The van der Waals surface area contributed by atoms with E-state index in [-0.39, 0.29) is 5.75 Å². The van der Waals surface area contributed by atoms with Crippen molar-refractivity contribution in [3.8, 4) is 0 Å². The van der Waals surface area contributed by atoms with Crippen LogP contribution in [0.5, 0.6) is 0 Å². The monoisotopic (exact) mass is 596 g/mol. The van der Waals surface area contributed by atoms with Gasteiger partial charge in [-0.05, 0) is 6.26 Å². The summed E-state index contributed by atoms with van der Waals surface area (Å²) in [4.78, 5) is 11.8. The largest absolute Gasteiger partial charge is 0.465 e. The number of halogens is 13. The smallest absolute Gasteiger partial charge is 0.460 e. The van der Waals surface area contributed by atoms with E-state index in [4.69, 9.17) is 0 Å². The lowest BCUT2D eigenvalue weighted by atomic mass is 9.93. The second-order valence-corrected chi connectivity index (χ2v) is 9.97. The van der Waals surface area contributed by atoms with Crippen molar-refractivity contribution in [3.05, 3.63) is 0 Å². The number of carbonyl (C=O) groups excluding carboxylic acids is 1. The lowest BCUT2D eigenvalue weighted by molar-refractivity contribution is -0.440. The highest BCUT2D eigenvalue weighted by molar-refractivity contribution is 8.02. The molecule has 1 aromatic heterocycles. The van der Waals surface area contributed by atoms with Crippen LogP contribution in [0.25, 0.3) is 0 Å². The molecule has 1 unspecified atom stereocenters. The van der Waals surface area contributed by atoms with Gasteiger partial charge in [0.15, 0.2) is 8.68 Å². The Morgan fingerprint density at radius 1 is 0.857 bits per heavy atom. The van der Waals surface area contributed by atoms with Gasteiger partial charge < -0.3 is 4.74 Å². The standard InChI is InChI=1S/C15H13F13N2O2S3/c1-6(5-34-9-30-29-8(33-2)35-9)7(31)32-4-3-10(16,17)11(18,19)12(20,21)13(22,23)14(24,25)15(26,27)28/h6H,3-5H2,1-2H3. The zero-order valence-electron chi connectivity index (χ0n) is 17.0. The average molecular weight is 596 g/mol. The summed E-state index contributed by atoms with van der Waals surface area (Å²) in [5.41, 5.74) is 0. The van der Waals surface area contributed by atoms with Crippen molar-refractivity contribution in [2.24, 2.45) is 5.92 Å². The minimum atomic E-state index is -7.96. The molecule has 0 aliphatic carbocycles. The zero-order valence-corrected chi connectivity index (χ0v) is 19.5. The van der Waals surface area contributed by atoms with E-state index in [1.54, 1.807) is 6.26 Å². The van der Waals surface area contributed by atoms with E-state index in [2.05, 4.69) is 14.9 Å². The molecule has 0 amide bonds. The summed E-state index contributed by atoms with van der Waals surface area (Å²) in [6.07, 6.45) is -8.36. The second-order valence-electron chi connectivity index (χ2n) is 6.67. The minimum absolute atomic E-state index is 0.0920. The Hall–Kier alpha value is -1.18. The van der Waals surface area contributed by atoms with Crippen molar-refractivity contribution < 1.29 is 66.6 Å². The van der Waals surface area contributed by atoms with Crippen LogP contribution in [0.1, 0.15) is 13.3 Å². The third-order valence-corrected chi connectivity index (χ3v) is 7.37. The van der Waals surface area contributed by atoms with Crippen LogP contribution in [0.4, 0.5) is 57.1 Å². The van der Waals surface area contributed by atoms with E-state index in [1.807, 2.05) is 0 Å². The zero-order chi connectivity index (χ0) is 27.7. The lowest BCUT2D eigenvalue weighted by Crippen LogP contribution is -2.70. The first-order valence-electron chi connectivity index (χ1n) is 8.69. The number of hydrogen-bond acceptors (Lipinski definition) is 7. The second kappa shape index (κ2) is 10.7. The number of esters is 1. The summed E-state index contributed by atoms with van der Waals surface area (Å²) in [6, 6.07) is 0. The predicted octanol–water partition coefficient (Wildman–Crippen LogP) is 6.66. The van der Waals surface area contributed by atoms with Gasteiger partial charge in [0, 0.05) is 5.75 Å². The van der Waals surface area contributed by atoms with Crippen LogP contribution in [0, 0.1) is 5.92 Å². The molecule has 204 valence electrons. The van der Waals surface area contributed by atoms with Crippen molar-refractivity contribution in [1.82, 2.24) is 10.2 Å². The number of rotatable bonds is 12. The molecule has 20 heteroatoms. The fourth-order valence-electron chi connectivity index (χ4n) is 1.98. The molecule has 0 aliphatic rings. The molecular formula is C15H13F13N2O2S3. The molecule has 35 heavy (non-hydrogen) atoms. The van der Waals surface area contributed by atoms with Gasteiger partial charge >= 0.3 is 41.8 Å². The fourth-order valence-corrected chi connectivity index (χ4v) is 4.45. The molecule has 0 fully saturated rings. The summed E-state index contributed by atoms with van der Waals surface area (Å²) in [7, 11) is 0. The van der Waals surface area contributed by atoms with Gasteiger partial charge in [-0.1, -0.05) is 41.8 Å². The van der Waals surface area contributed by atoms with Crippen LogP contribution in [-0.4, -0.2) is 70.6 Å². The molecule has 1 rings (SSSR count). The molecule has 4 nitrogen and oxygen atoms in total. The molecular weight excluding hydrogens is 583 g/mol. The van der Waals surface area contributed by atoms with Crippen molar-refractivity contribution in [3.63, 3.8) is 0 Å². The molecule has 0 saturated carbocycles. The van der Waals surface area contributed by atoms with E-state index < -0.39 is 60.7 Å². The Labute approximate surface area is 200 Å². The molecule has 0 saturated heterocycles. The molecule has 0 spiro atoms. The highest BCUT2D eigenvalue weighted by atomic mass is 32.2. The van der Waals surface area contributed by atoms with Crippen molar-refractivity contribution in [1.29, 1.82) is 0 Å². The first-order chi connectivity index (χ1) is 15.6. The van der Waals surface area contributed by atoms with Crippen molar-refractivity contribution in [2.45, 2.75) is 57.8 Å². The maximum atomic E-state index is 13.7. The van der Waals surface area contributed by atoms with E-state index in [0.717, 1.165) is 23.1 Å². The predicted molar refractivity (Wildman–Crippen MR) is 97.9 cm³/mol. The van der Waals surface area contributed by atoms with Gasteiger partial charge in [-0.2, -0.15) is 57.1 Å². The topological polar surface area (TPSA) is 52.1 Å². The van der Waals surface area contributed by atoms with Crippen molar-refractivity contribution in [2.75, 3.05) is 18.6 Å². The average Bonchev–Trinajstić information content (AvgIpc) is 3.18. The molecule has 0 aliphatic heterocycles. The maximum absolute atomic E-state index is 13.7. The van der Waals surface area contributed by atoms with Gasteiger partial charge in [-0.15, -0.1) is 10.2 Å². The Morgan fingerprint density at radius 2 is 1.34 bits per heavy atom. The van der Waals surface area contributed by atoms with Gasteiger partial charge in [0.1, 0.15) is 0 Å². The summed E-state index contributed by atoms with van der Waals surface area (Å²) in [5.74, 6) is -39.8. The van der Waals surface area contributed by atoms with Crippen LogP contribution in [0.15, 0.2) is 8.68 Å². The van der Waals surface area contributed by atoms with Crippen LogP contribution in [-0.2, 0) is 9.53 Å². The summed E-state index contributed by atoms with van der Waals surface area (Å²) >= 11 is 3.36. The third kappa shape index (κ3) is 6.22. The Bertz CT molecular complexity index is 877. The quantitative estimate of drug-likeness (QED) is 0.153. The van der Waals surface area contributed by atoms with Gasteiger partial charge in [-0.25, -0.2) is 0 Å². The summed E-state index contributed by atoms with van der Waals surface area (Å²) in [6.45, 7) is -0.588. The summed E-state index contributed by atoms with van der Waals surface area (Å²) < 4.78 is 175. The first kappa shape index (κ1) is 31.8. The molecule has 0 aromatic carbocycles. The number of aromatic nitrogens is 2. The third-order valence-electron chi connectivity index (χ3n) is 4.08. The van der Waals surface area contributed by atoms with E-state index in [9.17, 15) is 61.9 Å². The number of nitrogens with zero attached hydrogens (tertiary/aromatic N) is 2. The Balaban J connectivity index is 2.84. The maximum Gasteiger partial charge on any atom is 0.460 e. The SMILES string of the molecule is CSc1nnc(SCC(C)C(=O)OCCC(F)(F)C(F)(F)C(F)(F)C(F)(F)C(F)(F)C(F)(F)F)s1. The summed E-state index contributed by atoms with van der Waals surface area (Å²) in [5, 5.41) is 7.47. The van der Waals surface area contributed by atoms with E-state index in [0.29, 0.717) is 8.68 Å². The van der Waals surface area contributed by atoms with E-state index in [1.165, 1.54) is 18.7 Å².